The van der Waals surface area contributed by atoms with Gasteiger partial charge in [-0.1, -0.05) is 6.07 Å². The highest BCUT2D eigenvalue weighted by atomic mass is 32.2. The molecule has 0 bridgehead atoms. The molecule has 0 aromatic heterocycles. The van der Waals surface area contributed by atoms with Crippen LogP contribution >= 0.6 is 0 Å². The first kappa shape index (κ1) is 20.2. The Morgan fingerprint density at radius 3 is 2.43 bits per heavy atom. The molecule has 0 unspecified atom stereocenters. The molecule has 7 nitrogen and oxygen atoms in total. The molecule has 0 N–H and O–H groups in total. The Morgan fingerprint density at radius 1 is 1.14 bits per heavy atom. The molecule has 3 aliphatic rings. The second kappa shape index (κ2) is 7.02. The molecule has 1 aromatic rings. The lowest BCUT2D eigenvalue weighted by molar-refractivity contribution is -0.187. The molecular weight excluding hydrogens is 409 g/mol. The molecule has 1 aromatic carbocycles. The van der Waals surface area contributed by atoms with Crippen LogP contribution in [0.3, 0.4) is 0 Å². The zero-order valence-electron chi connectivity index (χ0n) is 15.6. The Kier molecular flexibility index (Phi) is 5.06. The average Bonchev–Trinajstić information content (AvgIpc) is 3.22. The molecule has 2 atom stereocenters. The minimum Gasteiger partial charge on any atom is -0.347 e. The van der Waals surface area contributed by atoms with Gasteiger partial charge in [0.15, 0.2) is 25.5 Å². The summed E-state index contributed by atoms with van der Waals surface area (Å²) < 4.78 is 76.8. The van der Waals surface area contributed by atoms with Crippen molar-refractivity contribution in [2.24, 2.45) is 0 Å². The monoisotopic (exact) mass is 433 g/mol. The van der Waals surface area contributed by atoms with Gasteiger partial charge in [-0.15, -0.1) is 0 Å². The van der Waals surface area contributed by atoms with Crippen LogP contribution < -0.4 is 0 Å². The van der Waals surface area contributed by atoms with Crippen LogP contribution in [0.1, 0.15) is 18.4 Å². The second-order valence-corrected chi connectivity index (χ2v) is 12.1. The Bertz CT molecular complexity index is 962. The number of aryl methyl sites for hydroxylation is 1. The third-order valence-electron chi connectivity index (χ3n) is 5.91. The fraction of sp³-hybridized carbons (Fsp3) is 0.667. The number of sulfone groups is 2. The first-order valence-corrected chi connectivity index (χ1v) is 12.7. The van der Waals surface area contributed by atoms with E-state index in [2.05, 4.69) is 0 Å². The maximum atomic E-state index is 14.3. The molecule has 0 radical (unpaired) electrons. The average molecular weight is 434 g/mol. The standard InChI is InChI=1S/C18H24FNO6S2/c1-13-2-3-14(19)16(10-13)28(23,24)17-12-27(21,22)11-15(17)20-6-4-18(5-7-20)25-8-9-26-18/h2-3,10,15,17H,4-9,11-12H2,1H3/t15-,17-/m0/s1. The van der Waals surface area contributed by atoms with Gasteiger partial charge in [0.1, 0.15) is 10.7 Å². The maximum absolute atomic E-state index is 14.3. The van der Waals surface area contributed by atoms with Gasteiger partial charge in [-0.25, -0.2) is 21.2 Å². The van der Waals surface area contributed by atoms with Gasteiger partial charge in [-0.3, -0.25) is 4.90 Å². The summed E-state index contributed by atoms with van der Waals surface area (Å²) in [5, 5.41) is -1.19. The van der Waals surface area contributed by atoms with Crippen LogP contribution in [-0.4, -0.2) is 76.6 Å². The highest BCUT2D eigenvalue weighted by molar-refractivity contribution is 7.96. The van der Waals surface area contributed by atoms with Gasteiger partial charge in [0.2, 0.25) is 0 Å². The SMILES string of the molecule is Cc1ccc(F)c(S(=O)(=O)[C@H]2CS(=O)(=O)C[C@@H]2N2CCC3(CC2)OCCO3)c1. The molecule has 10 heteroatoms. The van der Waals surface area contributed by atoms with Crippen LogP contribution in [0.2, 0.25) is 0 Å². The Hall–Kier alpha value is -1.07. The highest BCUT2D eigenvalue weighted by Crippen LogP contribution is 2.36. The molecule has 1 spiro atoms. The summed E-state index contributed by atoms with van der Waals surface area (Å²) >= 11 is 0. The molecule has 3 fully saturated rings. The third-order valence-corrected chi connectivity index (χ3v) is 10.0. The second-order valence-electron chi connectivity index (χ2n) is 7.81. The summed E-state index contributed by atoms with van der Waals surface area (Å²) in [6.45, 7) is 3.68. The fourth-order valence-electron chi connectivity index (χ4n) is 4.41. The van der Waals surface area contributed by atoms with Gasteiger partial charge < -0.3 is 9.47 Å². The summed E-state index contributed by atoms with van der Waals surface area (Å²) in [5.41, 5.74) is 0.604. The Labute approximate surface area is 164 Å². The first-order chi connectivity index (χ1) is 13.1. The lowest BCUT2D eigenvalue weighted by atomic mass is 10.0. The third kappa shape index (κ3) is 3.60. The van der Waals surface area contributed by atoms with Gasteiger partial charge in [0.05, 0.1) is 30.0 Å². The predicted molar refractivity (Wildman–Crippen MR) is 100.0 cm³/mol. The van der Waals surface area contributed by atoms with Crippen molar-refractivity contribution in [3.8, 4) is 0 Å². The number of hydrogen-bond acceptors (Lipinski definition) is 7. The number of benzene rings is 1. The smallest absolute Gasteiger partial charge is 0.186 e. The number of likely N-dealkylation sites (tertiary alicyclic amines) is 1. The van der Waals surface area contributed by atoms with Crippen molar-refractivity contribution in [3.05, 3.63) is 29.6 Å². The zero-order chi connectivity index (χ0) is 20.2. The van der Waals surface area contributed by atoms with Crippen molar-refractivity contribution in [2.75, 3.05) is 37.8 Å². The van der Waals surface area contributed by atoms with Crippen molar-refractivity contribution in [2.45, 2.75) is 41.7 Å². The maximum Gasteiger partial charge on any atom is 0.186 e. The van der Waals surface area contributed by atoms with Crippen LogP contribution in [0.4, 0.5) is 4.39 Å². The summed E-state index contributed by atoms with van der Waals surface area (Å²) in [6.07, 6.45) is 1.10. The van der Waals surface area contributed by atoms with Crippen LogP contribution in [0.15, 0.2) is 23.1 Å². The Balaban J connectivity index is 1.62. The molecule has 0 amide bonds. The molecule has 156 valence electrons. The fourth-order valence-corrected chi connectivity index (χ4v) is 9.39. The van der Waals surface area contributed by atoms with Gasteiger partial charge in [-0.05, 0) is 24.6 Å². The van der Waals surface area contributed by atoms with E-state index in [1.54, 1.807) is 6.92 Å². The van der Waals surface area contributed by atoms with E-state index in [-0.39, 0.29) is 5.75 Å². The van der Waals surface area contributed by atoms with Crippen molar-refractivity contribution < 1.29 is 30.7 Å². The predicted octanol–water partition coefficient (Wildman–Crippen LogP) is 0.912. The number of nitrogens with zero attached hydrogens (tertiary/aromatic N) is 1. The van der Waals surface area contributed by atoms with Gasteiger partial charge in [0.25, 0.3) is 0 Å². The van der Waals surface area contributed by atoms with E-state index < -0.39 is 53.2 Å². The number of ether oxygens (including phenoxy) is 2. The van der Waals surface area contributed by atoms with Crippen LogP contribution in [-0.2, 0) is 29.1 Å². The summed E-state index contributed by atoms with van der Waals surface area (Å²) in [4.78, 5) is 1.46. The molecule has 4 rings (SSSR count). The number of hydrogen-bond donors (Lipinski definition) is 0. The molecule has 3 aliphatic heterocycles. The van der Waals surface area contributed by atoms with Crippen molar-refractivity contribution >= 4 is 19.7 Å². The van der Waals surface area contributed by atoms with Gasteiger partial charge in [-0.2, -0.15) is 0 Å². The van der Waals surface area contributed by atoms with E-state index in [1.165, 1.54) is 12.1 Å². The van der Waals surface area contributed by atoms with E-state index in [0.717, 1.165) is 6.07 Å². The molecule has 3 heterocycles. The molecule has 3 saturated heterocycles. The minimum absolute atomic E-state index is 0.237. The quantitative estimate of drug-likeness (QED) is 0.700. The summed E-state index contributed by atoms with van der Waals surface area (Å²) in [7, 11) is -7.69. The molecule has 0 saturated carbocycles. The van der Waals surface area contributed by atoms with Crippen molar-refractivity contribution in [1.29, 1.82) is 0 Å². The minimum atomic E-state index is -4.15. The summed E-state index contributed by atoms with van der Waals surface area (Å²) in [6, 6.07) is 3.18. The van der Waals surface area contributed by atoms with E-state index in [9.17, 15) is 21.2 Å². The van der Waals surface area contributed by atoms with E-state index >= 15 is 0 Å². The Morgan fingerprint density at radius 2 is 1.79 bits per heavy atom. The summed E-state index contributed by atoms with van der Waals surface area (Å²) in [5.74, 6) is -2.20. The molecule has 0 aliphatic carbocycles. The van der Waals surface area contributed by atoms with Gasteiger partial charge in [0, 0.05) is 32.0 Å². The molecular formula is C18H24FNO6S2. The zero-order valence-corrected chi connectivity index (χ0v) is 17.3. The van der Waals surface area contributed by atoms with Gasteiger partial charge >= 0.3 is 0 Å². The van der Waals surface area contributed by atoms with Crippen LogP contribution in [0.25, 0.3) is 0 Å². The molecule has 28 heavy (non-hydrogen) atoms. The lowest BCUT2D eigenvalue weighted by Crippen LogP contribution is -2.53. The van der Waals surface area contributed by atoms with Crippen molar-refractivity contribution in [1.82, 2.24) is 4.90 Å². The topological polar surface area (TPSA) is 90.0 Å². The van der Waals surface area contributed by atoms with Crippen molar-refractivity contribution in [3.63, 3.8) is 0 Å². The first-order valence-electron chi connectivity index (χ1n) is 9.34. The lowest BCUT2D eigenvalue weighted by Gasteiger charge is -2.41. The number of rotatable bonds is 3. The van der Waals surface area contributed by atoms with E-state index in [0.29, 0.717) is 44.7 Å². The number of piperidine rings is 1. The van der Waals surface area contributed by atoms with E-state index in [4.69, 9.17) is 9.47 Å². The highest BCUT2D eigenvalue weighted by Gasteiger charge is 2.51. The van der Waals surface area contributed by atoms with Crippen LogP contribution in [0.5, 0.6) is 0 Å². The normalized spacial score (nSPS) is 30.1. The van der Waals surface area contributed by atoms with E-state index in [1.807, 2.05) is 4.90 Å². The largest absolute Gasteiger partial charge is 0.347 e. The van der Waals surface area contributed by atoms with Crippen LogP contribution in [0, 0.1) is 12.7 Å². The number of halogens is 1.